The van der Waals surface area contributed by atoms with Crippen molar-refractivity contribution in [3.63, 3.8) is 0 Å². The van der Waals surface area contributed by atoms with Crippen molar-refractivity contribution >= 4 is 63.1 Å². The highest BCUT2D eigenvalue weighted by Gasteiger charge is 2.35. The second-order valence-electron chi connectivity index (χ2n) is 3.10. The normalized spacial score (nSPS) is 24.2. The van der Waals surface area contributed by atoms with Gasteiger partial charge in [-0.1, -0.05) is 6.92 Å². The maximum Gasteiger partial charge on any atom is 0.0342 e. The van der Waals surface area contributed by atoms with Gasteiger partial charge >= 0.3 is 0 Å². The predicted octanol–water partition coefficient (Wildman–Crippen LogP) is 2.52. The van der Waals surface area contributed by atoms with Crippen LogP contribution in [0.1, 0.15) is 13.8 Å². The van der Waals surface area contributed by atoms with Crippen LogP contribution in [0.2, 0.25) is 0 Å². The zero-order chi connectivity index (χ0) is 9.94. The lowest BCUT2D eigenvalue weighted by Gasteiger charge is -2.36. The molecule has 0 heterocycles. The molecule has 0 aromatic carbocycles. The molecule has 0 radical (unpaired) electrons. The Labute approximate surface area is 103 Å². The van der Waals surface area contributed by atoms with Gasteiger partial charge in [0.15, 0.2) is 0 Å². The molecule has 74 valence electrons. The summed E-state index contributed by atoms with van der Waals surface area (Å²) in [6.07, 6.45) is 0. The summed E-state index contributed by atoms with van der Waals surface area (Å²) in [5.74, 6) is 0.702. The van der Waals surface area contributed by atoms with E-state index >= 15 is 0 Å². The molecule has 12 heavy (non-hydrogen) atoms. The summed E-state index contributed by atoms with van der Waals surface area (Å²) in [5.41, 5.74) is 0. The first-order valence-electron chi connectivity index (χ1n) is 3.71. The van der Waals surface area contributed by atoms with Crippen molar-refractivity contribution in [1.82, 2.24) is 0 Å². The lowest BCUT2D eigenvalue weighted by molar-refractivity contribution is 0.608. The number of thiol groups is 5. The largest absolute Gasteiger partial charge is 0.178 e. The van der Waals surface area contributed by atoms with Gasteiger partial charge in [0.05, 0.1) is 0 Å². The molecule has 0 aliphatic carbocycles. The van der Waals surface area contributed by atoms with Crippen LogP contribution >= 0.6 is 63.1 Å². The lowest BCUT2D eigenvalue weighted by Crippen LogP contribution is -2.43. The Morgan fingerprint density at radius 3 is 1.92 bits per heavy atom. The molecule has 4 atom stereocenters. The van der Waals surface area contributed by atoms with Crippen molar-refractivity contribution in [2.24, 2.45) is 0 Å². The molecule has 5 heteroatoms. The zero-order valence-corrected chi connectivity index (χ0v) is 11.6. The van der Waals surface area contributed by atoms with Crippen LogP contribution in [0.15, 0.2) is 0 Å². The Bertz CT molecular complexity index is 134. The van der Waals surface area contributed by atoms with Crippen LogP contribution in [-0.2, 0) is 0 Å². The second-order valence-corrected chi connectivity index (χ2v) is 6.42. The van der Waals surface area contributed by atoms with Gasteiger partial charge in [-0.2, -0.15) is 63.1 Å². The third-order valence-electron chi connectivity index (χ3n) is 2.00. The summed E-state index contributed by atoms with van der Waals surface area (Å²) < 4.78 is -0.221. The average Bonchev–Trinajstić information content (AvgIpc) is 2.01. The molecular formula is C7H16S5. The summed E-state index contributed by atoms with van der Waals surface area (Å²) in [7, 11) is 0. The summed E-state index contributed by atoms with van der Waals surface area (Å²) in [6.45, 7) is 4.04. The van der Waals surface area contributed by atoms with Crippen LogP contribution in [0, 0.1) is 0 Å². The van der Waals surface area contributed by atoms with Gasteiger partial charge in [0.1, 0.15) is 0 Å². The van der Waals surface area contributed by atoms with Crippen LogP contribution in [0.3, 0.4) is 0 Å². The summed E-state index contributed by atoms with van der Waals surface area (Å²) in [5, 5.41) is 0.417. The Balaban J connectivity index is 4.34. The summed E-state index contributed by atoms with van der Waals surface area (Å²) in [6, 6.07) is 0. The van der Waals surface area contributed by atoms with E-state index in [9.17, 15) is 0 Å². The first-order valence-corrected chi connectivity index (χ1v) is 6.34. The fourth-order valence-electron chi connectivity index (χ4n) is 0.736. The summed E-state index contributed by atoms with van der Waals surface area (Å²) >= 11 is 21.9. The number of rotatable bonds is 4. The Hall–Kier alpha value is 1.75. The molecule has 0 spiro atoms. The van der Waals surface area contributed by atoms with Crippen LogP contribution in [0.5, 0.6) is 0 Å². The van der Waals surface area contributed by atoms with Crippen LogP contribution in [0.25, 0.3) is 0 Å². The van der Waals surface area contributed by atoms with Crippen molar-refractivity contribution in [3.8, 4) is 0 Å². The maximum absolute atomic E-state index is 4.53. The van der Waals surface area contributed by atoms with Gasteiger partial charge in [0.25, 0.3) is 0 Å². The first kappa shape index (κ1) is 13.8. The van der Waals surface area contributed by atoms with E-state index in [0.717, 1.165) is 0 Å². The quantitative estimate of drug-likeness (QED) is 0.472. The van der Waals surface area contributed by atoms with Gasteiger partial charge in [-0.25, -0.2) is 0 Å². The van der Waals surface area contributed by atoms with E-state index in [2.05, 4.69) is 63.1 Å². The smallest absolute Gasteiger partial charge is 0.0342 e. The molecule has 0 aliphatic rings. The number of hydrogen-bond acceptors (Lipinski definition) is 5. The van der Waals surface area contributed by atoms with Crippen LogP contribution < -0.4 is 0 Å². The highest BCUT2D eigenvalue weighted by Crippen LogP contribution is 2.34. The zero-order valence-electron chi connectivity index (χ0n) is 7.18. The second kappa shape index (κ2) is 5.59. The molecule has 0 rings (SSSR count). The van der Waals surface area contributed by atoms with Crippen molar-refractivity contribution in [3.05, 3.63) is 0 Å². The van der Waals surface area contributed by atoms with Crippen LogP contribution in [0.4, 0.5) is 0 Å². The highest BCUT2D eigenvalue weighted by molar-refractivity contribution is 7.89. The standard InChI is InChI=1S/C7H16S5/c1-4(9)7(2,12)6(11)5(10)3-8/h4-6,8-12H,3H2,1-2H3. The predicted molar refractivity (Wildman–Crippen MR) is 75.2 cm³/mol. The third-order valence-corrected chi connectivity index (χ3v) is 5.90. The molecular weight excluding hydrogens is 244 g/mol. The number of hydrogen-bond donors (Lipinski definition) is 5. The van der Waals surface area contributed by atoms with Crippen LogP contribution in [-0.4, -0.2) is 26.2 Å². The van der Waals surface area contributed by atoms with Gasteiger partial charge in [-0.3, -0.25) is 0 Å². The van der Waals surface area contributed by atoms with Gasteiger partial charge in [0.2, 0.25) is 0 Å². The van der Waals surface area contributed by atoms with Gasteiger partial charge in [-0.05, 0) is 6.92 Å². The fourth-order valence-corrected chi connectivity index (χ4v) is 2.33. The molecule has 0 aliphatic heterocycles. The fraction of sp³-hybridized carbons (Fsp3) is 1.00. The highest BCUT2D eigenvalue weighted by atomic mass is 32.1. The van der Waals surface area contributed by atoms with E-state index in [1.165, 1.54) is 0 Å². The minimum absolute atomic E-state index is 0.0918. The van der Waals surface area contributed by atoms with E-state index in [1.807, 2.05) is 13.8 Å². The average molecular weight is 261 g/mol. The van der Waals surface area contributed by atoms with Crippen molar-refractivity contribution < 1.29 is 0 Å². The van der Waals surface area contributed by atoms with Crippen molar-refractivity contribution in [2.75, 3.05) is 5.75 Å². The van der Waals surface area contributed by atoms with E-state index < -0.39 is 0 Å². The van der Waals surface area contributed by atoms with E-state index in [1.54, 1.807) is 0 Å². The van der Waals surface area contributed by atoms with E-state index in [-0.39, 0.29) is 20.5 Å². The molecule has 0 saturated carbocycles. The van der Waals surface area contributed by atoms with Gasteiger partial charge in [-0.15, -0.1) is 0 Å². The van der Waals surface area contributed by atoms with E-state index in [4.69, 9.17) is 0 Å². The Morgan fingerprint density at radius 2 is 1.67 bits per heavy atom. The van der Waals surface area contributed by atoms with Gasteiger partial charge < -0.3 is 0 Å². The monoisotopic (exact) mass is 260 g/mol. The maximum atomic E-state index is 4.53. The van der Waals surface area contributed by atoms with Crippen molar-refractivity contribution in [2.45, 2.75) is 34.3 Å². The molecule has 0 fully saturated rings. The molecule has 0 aromatic heterocycles. The minimum atomic E-state index is -0.221. The molecule has 0 bridgehead atoms. The van der Waals surface area contributed by atoms with Gasteiger partial charge in [0, 0.05) is 26.2 Å². The minimum Gasteiger partial charge on any atom is -0.178 e. The molecule has 0 aromatic rings. The third kappa shape index (κ3) is 3.48. The SMILES string of the molecule is CC(S)C(C)(S)C(S)C(S)CS. The molecule has 0 saturated heterocycles. The Morgan fingerprint density at radius 1 is 1.25 bits per heavy atom. The topological polar surface area (TPSA) is 0 Å². The lowest BCUT2D eigenvalue weighted by atomic mass is 10.0. The van der Waals surface area contributed by atoms with Crippen molar-refractivity contribution in [1.29, 1.82) is 0 Å². The van der Waals surface area contributed by atoms with E-state index in [0.29, 0.717) is 5.75 Å². The molecule has 0 amide bonds. The molecule has 4 unspecified atom stereocenters. The molecule has 0 nitrogen and oxygen atoms in total. The molecule has 0 N–H and O–H groups in total. The first-order chi connectivity index (χ1) is 5.34. The Kier molecular flexibility index (Phi) is 6.40. The summed E-state index contributed by atoms with van der Waals surface area (Å²) in [4.78, 5) is 0.